The molecular weight excluding hydrogens is 306 g/mol. The van der Waals surface area contributed by atoms with E-state index in [4.69, 9.17) is 4.74 Å². The highest BCUT2D eigenvalue weighted by atomic mass is 16.5. The van der Waals surface area contributed by atoms with Crippen LogP contribution in [-0.4, -0.2) is 36.2 Å². The summed E-state index contributed by atoms with van der Waals surface area (Å²) in [5, 5.41) is 11.7. The lowest BCUT2D eigenvalue weighted by molar-refractivity contribution is -0.142. The number of carbonyl (C=O) groups is 2. The third kappa shape index (κ3) is 6.22. The van der Waals surface area contributed by atoms with E-state index >= 15 is 0 Å². The molecule has 0 saturated heterocycles. The normalized spacial score (nSPS) is 11.7. The van der Waals surface area contributed by atoms with E-state index in [0.29, 0.717) is 13.0 Å². The van der Waals surface area contributed by atoms with Crippen LogP contribution in [0.2, 0.25) is 0 Å². The first-order valence-corrected chi connectivity index (χ1v) is 7.83. The van der Waals surface area contributed by atoms with Crippen molar-refractivity contribution in [3.63, 3.8) is 0 Å². The maximum atomic E-state index is 11.9. The Morgan fingerprint density at radius 1 is 0.958 bits per heavy atom. The van der Waals surface area contributed by atoms with E-state index in [1.165, 1.54) is 0 Å². The molecule has 0 bridgehead atoms. The second-order valence-electron chi connectivity index (χ2n) is 5.44. The molecule has 2 aromatic rings. The molecule has 0 saturated carbocycles. The van der Waals surface area contributed by atoms with Gasteiger partial charge in [0.05, 0.1) is 6.61 Å². The van der Waals surface area contributed by atoms with E-state index < -0.39 is 17.9 Å². The van der Waals surface area contributed by atoms with Crippen molar-refractivity contribution in [2.75, 3.05) is 13.2 Å². The molecule has 0 heterocycles. The number of benzene rings is 2. The molecule has 0 aliphatic heterocycles. The van der Waals surface area contributed by atoms with E-state index in [-0.39, 0.29) is 13.0 Å². The first-order valence-electron chi connectivity index (χ1n) is 7.83. The summed E-state index contributed by atoms with van der Waals surface area (Å²) >= 11 is 0. The molecule has 0 radical (unpaired) electrons. The number of amides is 1. The van der Waals surface area contributed by atoms with Gasteiger partial charge in [0.25, 0.3) is 0 Å². The number of carboxylic acids is 1. The van der Waals surface area contributed by atoms with E-state index in [1.807, 2.05) is 60.7 Å². The second kappa shape index (κ2) is 9.47. The Bertz CT molecular complexity index is 643. The smallest absolute Gasteiger partial charge is 0.326 e. The molecule has 24 heavy (non-hydrogen) atoms. The van der Waals surface area contributed by atoms with Crippen LogP contribution >= 0.6 is 0 Å². The van der Waals surface area contributed by atoms with Crippen molar-refractivity contribution in [1.29, 1.82) is 0 Å². The van der Waals surface area contributed by atoms with Gasteiger partial charge in [-0.2, -0.15) is 0 Å². The van der Waals surface area contributed by atoms with Crippen LogP contribution in [0.5, 0.6) is 0 Å². The van der Waals surface area contributed by atoms with E-state index in [2.05, 4.69) is 5.32 Å². The van der Waals surface area contributed by atoms with Crippen molar-refractivity contribution in [3.05, 3.63) is 71.8 Å². The SMILES string of the molecule is O=C(COCCc1ccccc1)N[C@H](Cc1ccccc1)C(=O)O. The van der Waals surface area contributed by atoms with Crippen LogP contribution < -0.4 is 5.32 Å². The van der Waals surface area contributed by atoms with Crippen molar-refractivity contribution in [1.82, 2.24) is 5.32 Å². The summed E-state index contributed by atoms with van der Waals surface area (Å²) in [6, 6.07) is 18.1. The molecule has 0 spiro atoms. The number of ether oxygens (including phenoxy) is 1. The Kier molecular flexibility index (Phi) is 6.98. The van der Waals surface area contributed by atoms with Gasteiger partial charge in [0.2, 0.25) is 5.91 Å². The van der Waals surface area contributed by atoms with Crippen LogP contribution in [0.1, 0.15) is 11.1 Å². The number of nitrogens with one attached hydrogen (secondary N) is 1. The Morgan fingerprint density at radius 3 is 2.12 bits per heavy atom. The molecular formula is C19H21NO4. The van der Waals surface area contributed by atoms with Crippen molar-refractivity contribution in [3.8, 4) is 0 Å². The van der Waals surface area contributed by atoms with E-state index in [1.54, 1.807) is 0 Å². The van der Waals surface area contributed by atoms with Gasteiger partial charge >= 0.3 is 5.97 Å². The minimum absolute atomic E-state index is 0.147. The van der Waals surface area contributed by atoms with Gasteiger partial charge in [-0.25, -0.2) is 4.79 Å². The molecule has 1 amide bonds. The predicted octanol–water partition coefficient (Wildman–Crippen LogP) is 2.06. The van der Waals surface area contributed by atoms with Gasteiger partial charge < -0.3 is 15.2 Å². The molecule has 0 fully saturated rings. The third-order valence-electron chi connectivity index (χ3n) is 3.53. The van der Waals surface area contributed by atoms with Gasteiger partial charge in [0.15, 0.2) is 0 Å². The lowest BCUT2D eigenvalue weighted by atomic mass is 10.1. The van der Waals surface area contributed by atoms with Crippen molar-refractivity contribution in [2.45, 2.75) is 18.9 Å². The fraction of sp³-hybridized carbons (Fsp3) is 0.263. The summed E-state index contributed by atoms with van der Waals surface area (Å²) in [5.41, 5.74) is 1.99. The Morgan fingerprint density at radius 2 is 1.54 bits per heavy atom. The van der Waals surface area contributed by atoms with Gasteiger partial charge in [-0.3, -0.25) is 4.79 Å². The number of hydrogen-bond donors (Lipinski definition) is 2. The first-order chi connectivity index (χ1) is 11.6. The average Bonchev–Trinajstić information content (AvgIpc) is 2.60. The fourth-order valence-corrected chi connectivity index (χ4v) is 2.29. The van der Waals surface area contributed by atoms with E-state index in [9.17, 15) is 14.7 Å². The largest absolute Gasteiger partial charge is 0.480 e. The fourth-order valence-electron chi connectivity index (χ4n) is 2.29. The van der Waals surface area contributed by atoms with Gasteiger partial charge in [0.1, 0.15) is 12.6 Å². The Hall–Kier alpha value is -2.66. The quantitative estimate of drug-likeness (QED) is 0.691. The van der Waals surface area contributed by atoms with Gasteiger partial charge in [-0.1, -0.05) is 60.7 Å². The zero-order chi connectivity index (χ0) is 17.2. The number of hydrogen-bond acceptors (Lipinski definition) is 3. The Balaban J connectivity index is 1.73. The molecule has 0 aromatic heterocycles. The lowest BCUT2D eigenvalue weighted by Crippen LogP contribution is -2.43. The standard InChI is InChI=1S/C19H21NO4/c21-18(14-24-12-11-15-7-3-1-4-8-15)20-17(19(22)23)13-16-9-5-2-6-10-16/h1-10,17H,11-14H2,(H,20,21)(H,22,23)/t17-/m1/s1. The predicted molar refractivity (Wildman–Crippen MR) is 90.7 cm³/mol. The van der Waals surface area contributed by atoms with Crippen molar-refractivity contribution >= 4 is 11.9 Å². The maximum Gasteiger partial charge on any atom is 0.326 e. The van der Waals surface area contributed by atoms with Crippen molar-refractivity contribution < 1.29 is 19.4 Å². The Labute approximate surface area is 141 Å². The van der Waals surface area contributed by atoms with Crippen LogP contribution in [-0.2, 0) is 27.2 Å². The highest BCUT2D eigenvalue weighted by Crippen LogP contribution is 2.04. The first kappa shape index (κ1) is 17.7. The topological polar surface area (TPSA) is 75.6 Å². The molecule has 0 aliphatic rings. The third-order valence-corrected chi connectivity index (χ3v) is 3.53. The summed E-state index contributed by atoms with van der Waals surface area (Å²) in [7, 11) is 0. The minimum Gasteiger partial charge on any atom is -0.480 e. The molecule has 0 aliphatic carbocycles. The maximum absolute atomic E-state index is 11.9. The zero-order valence-corrected chi connectivity index (χ0v) is 13.4. The van der Waals surface area contributed by atoms with Gasteiger partial charge in [0, 0.05) is 6.42 Å². The minimum atomic E-state index is -1.06. The molecule has 126 valence electrons. The summed E-state index contributed by atoms with van der Waals surface area (Å²) in [6.07, 6.45) is 0.951. The second-order valence-corrected chi connectivity index (χ2v) is 5.44. The molecule has 0 unspecified atom stereocenters. The van der Waals surface area contributed by atoms with Gasteiger partial charge in [-0.15, -0.1) is 0 Å². The molecule has 2 rings (SSSR count). The van der Waals surface area contributed by atoms with Gasteiger partial charge in [-0.05, 0) is 17.5 Å². The highest BCUT2D eigenvalue weighted by Gasteiger charge is 2.20. The summed E-state index contributed by atoms with van der Waals surface area (Å²) in [5.74, 6) is -1.48. The van der Waals surface area contributed by atoms with Crippen LogP contribution in [0.3, 0.4) is 0 Å². The van der Waals surface area contributed by atoms with Crippen LogP contribution in [0, 0.1) is 0 Å². The summed E-state index contributed by atoms with van der Waals surface area (Å²) in [6.45, 7) is 0.263. The van der Waals surface area contributed by atoms with E-state index in [0.717, 1.165) is 11.1 Å². The number of rotatable bonds is 9. The van der Waals surface area contributed by atoms with Crippen LogP contribution in [0.25, 0.3) is 0 Å². The molecule has 5 heteroatoms. The molecule has 2 aromatic carbocycles. The van der Waals surface area contributed by atoms with Crippen LogP contribution in [0.4, 0.5) is 0 Å². The number of aliphatic carboxylic acids is 1. The zero-order valence-electron chi connectivity index (χ0n) is 13.4. The van der Waals surface area contributed by atoms with Crippen molar-refractivity contribution in [2.24, 2.45) is 0 Å². The molecule has 1 atom stereocenters. The monoisotopic (exact) mass is 327 g/mol. The molecule has 5 nitrogen and oxygen atoms in total. The average molecular weight is 327 g/mol. The molecule has 2 N–H and O–H groups in total. The summed E-state index contributed by atoms with van der Waals surface area (Å²) < 4.78 is 5.33. The highest BCUT2D eigenvalue weighted by molar-refractivity contribution is 5.84. The number of carbonyl (C=O) groups excluding carboxylic acids is 1. The number of carboxylic acid groups (broad SMARTS) is 1. The van der Waals surface area contributed by atoms with Crippen LogP contribution in [0.15, 0.2) is 60.7 Å². The summed E-state index contributed by atoms with van der Waals surface area (Å²) in [4.78, 5) is 23.2. The lowest BCUT2D eigenvalue weighted by Gasteiger charge is -2.14.